The highest BCUT2D eigenvalue weighted by molar-refractivity contribution is 6.39. The smallest absolute Gasteiger partial charge is 0.220 e. The highest BCUT2D eigenvalue weighted by Crippen LogP contribution is 2.42. The van der Waals surface area contributed by atoms with Crippen molar-refractivity contribution in [3.05, 3.63) is 82.0 Å². The third-order valence-corrected chi connectivity index (χ3v) is 10.2. The lowest BCUT2D eigenvalue weighted by Crippen LogP contribution is -2.43. The SMILES string of the molecule is COc1cc(-c2nccc(-c3cccc(-c4ccc(CNC[C@@H]5CCC(=O)N5)c(OC)n4)c3Cl)c2Cl)ccc1CNC1CCN(C(C)=O)CC1. The van der Waals surface area contributed by atoms with Crippen molar-refractivity contribution in [1.29, 1.82) is 0 Å². The number of pyridine rings is 2. The number of benzene rings is 2. The van der Waals surface area contributed by atoms with Gasteiger partial charge in [-0.05, 0) is 37.5 Å². The number of hydrogen-bond acceptors (Lipinski definition) is 8. The quantitative estimate of drug-likeness (QED) is 0.157. The Morgan fingerprint density at radius 3 is 2.42 bits per heavy atom. The van der Waals surface area contributed by atoms with Gasteiger partial charge in [-0.3, -0.25) is 14.6 Å². The van der Waals surface area contributed by atoms with Crippen molar-refractivity contribution in [2.45, 2.75) is 57.8 Å². The maximum absolute atomic E-state index is 11.7. The monoisotopic (exact) mass is 716 g/mol. The number of carbonyl (C=O) groups is 2. The van der Waals surface area contributed by atoms with Crippen molar-refractivity contribution in [3.63, 3.8) is 0 Å². The topological polar surface area (TPSA) is 118 Å². The number of aromatic nitrogens is 2. The lowest BCUT2D eigenvalue weighted by atomic mass is 9.99. The molecule has 262 valence electrons. The second-order valence-electron chi connectivity index (χ2n) is 12.7. The van der Waals surface area contributed by atoms with Crippen LogP contribution in [-0.2, 0) is 22.7 Å². The van der Waals surface area contributed by atoms with Crippen LogP contribution in [-0.4, -0.2) is 72.6 Å². The zero-order valence-corrected chi connectivity index (χ0v) is 30.0. The number of ether oxygens (including phenoxy) is 2. The molecule has 10 nitrogen and oxygen atoms in total. The predicted octanol–water partition coefficient (Wildman–Crippen LogP) is 6.27. The van der Waals surface area contributed by atoms with Gasteiger partial charge < -0.3 is 30.3 Å². The van der Waals surface area contributed by atoms with E-state index in [4.69, 9.17) is 37.7 Å². The minimum atomic E-state index is 0.0991. The Morgan fingerprint density at radius 2 is 1.70 bits per heavy atom. The van der Waals surface area contributed by atoms with E-state index in [1.165, 1.54) is 0 Å². The molecule has 4 heterocycles. The largest absolute Gasteiger partial charge is 0.496 e. The fourth-order valence-corrected chi connectivity index (χ4v) is 7.27. The Balaban J connectivity index is 1.19. The van der Waals surface area contributed by atoms with Crippen molar-refractivity contribution in [2.24, 2.45) is 0 Å². The first-order chi connectivity index (χ1) is 24.2. The van der Waals surface area contributed by atoms with E-state index in [1.54, 1.807) is 27.3 Å². The van der Waals surface area contributed by atoms with Gasteiger partial charge >= 0.3 is 0 Å². The Kier molecular flexibility index (Phi) is 11.5. The minimum absolute atomic E-state index is 0.0991. The van der Waals surface area contributed by atoms with Crippen LogP contribution in [0.4, 0.5) is 0 Å². The standard InChI is InChI=1S/C38H42Cl2N6O4/c1-23(47)46-17-14-27(15-18-46)43-21-25-8-7-24(19-33(25)49-2)37-36(40)30(13-16-42-37)29-5-4-6-31(35(29)39)32-11-9-26(38(45-32)50-3)20-41-22-28-10-12-34(48)44-28/h4-9,11,13,16,19,27-28,41,43H,10,12,14-15,17-18,20-22H2,1-3H3,(H,44,48)/t28-/m0/s1. The van der Waals surface area contributed by atoms with Crippen molar-refractivity contribution in [1.82, 2.24) is 30.8 Å². The molecule has 1 atom stereocenters. The molecule has 2 aliphatic heterocycles. The van der Waals surface area contributed by atoms with E-state index in [0.717, 1.165) is 71.5 Å². The molecule has 2 amide bonds. The number of carbonyl (C=O) groups excluding carboxylic acids is 2. The molecule has 0 bridgehead atoms. The second kappa shape index (κ2) is 16.2. The van der Waals surface area contributed by atoms with Crippen LogP contribution in [0.15, 0.2) is 60.8 Å². The van der Waals surface area contributed by atoms with E-state index in [0.29, 0.717) is 59.4 Å². The van der Waals surface area contributed by atoms with Gasteiger partial charge in [0.25, 0.3) is 0 Å². The molecule has 6 rings (SSSR count). The number of amides is 2. The molecule has 4 aromatic rings. The van der Waals surface area contributed by atoms with Crippen LogP contribution >= 0.6 is 23.2 Å². The van der Waals surface area contributed by atoms with Gasteiger partial charge in [-0.2, -0.15) is 0 Å². The van der Waals surface area contributed by atoms with Crippen LogP contribution in [0.3, 0.4) is 0 Å². The number of hydrogen-bond donors (Lipinski definition) is 3. The van der Waals surface area contributed by atoms with Crippen molar-refractivity contribution < 1.29 is 19.1 Å². The second-order valence-corrected chi connectivity index (χ2v) is 13.4. The van der Waals surface area contributed by atoms with Gasteiger partial charge in [-0.1, -0.05) is 59.6 Å². The molecule has 12 heteroatoms. The first kappa shape index (κ1) is 35.6. The first-order valence-electron chi connectivity index (χ1n) is 16.9. The van der Waals surface area contributed by atoms with E-state index >= 15 is 0 Å². The number of likely N-dealkylation sites (tertiary alicyclic amines) is 1. The summed E-state index contributed by atoms with van der Waals surface area (Å²) in [6.07, 6.45) is 4.98. The summed E-state index contributed by atoms with van der Waals surface area (Å²) in [5, 5.41) is 11.0. The summed E-state index contributed by atoms with van der Waals surface area (Å²) in [5.74, 6) is 1.47. The zero-order chi connectivity index (χ0) is 35.2. The molecular formula is C38H42Cl2N6O4. The molecule has 2 aliphatic rings. The average Bonchev–Trinajstić information content (AvgIpc) is 3.55. The highest BCUT2D eigenvalue weighted by atomic mass is 35.5. The van der Waals surface area contributed by atoms with E-state index in [2.05, 4.69) is 20.9 Å². The number of nitrogens with zero attached hydrogens (tertiary/aromatic N) is 3. The van der Waals surface area contributed by atoms with E-state index < -0.39 is 0 Å². The summed E-state index contributed by atoms with van der Waals surface area (Å²) in [5.41, 5.74) is 6.30. The Hall–Kier alpha value is -4.22. The molecule has 0 radical (unpaired) electrons. The van der Waals surface area contributed by atoms with Crippen LogP contribution in [0.5, 0.6) is 11.6 Å². The maximum Gasteiger partial charge on any atom is 0.220 e. The fraction of sp³-hybridized carbons (Fsp3) is 0.368. The summed E-state index contributed by atoms with van der Waals surface area (Å²) in [6, 6.07) is 18.0. The van der Waals surface area contributed by atoms with E-state index in [-0.39, 0.29) is 17.9 Å². The zero-order valence-electron chi connectivity index (χ0n) is 28.5. The van der Waals surface area contributed by atoms with Gasteiger partial charge in [0.1, 0.15) is 5.75 Å². The third kappa shape index (κ3) is 8.05. The van der Waals surface area contributed by atoms with E-state index in [1.807, 2.05) is 59.5 Å². The van der Waals surface area contributed by atoms with Gasteiger partial charge in [-0.25, -0.2) is 4.98 Å². The molecule has 50 heavy (non-hydrogen) atoms. The highest BCUT2D eigenvalue weighted by Gasteiger charge is 2.23. The average molecular weight is 718 g/mol. The van der Waals surface area contributed by atoms with E-state index in [9.17, 15) is 9.59 Å². The van der Waals surface area contributed by atoms with Gasteiger partial charge in [0.05, 0.1) is 35.7 Å². The predicted molar refractivity (Wildman–Crippen MR) is 196 cm³/mol. The lowest BCUT2D eigenvalue weighted by molar-refractivity contribution is -0.130. The molecule has 2 aromatic heterocycles. The van der Waals surface area contributed by atoms with Gasteiger partial charge in [0, 0.05) is 97.7 Å². The normalized spacial score (nSPS) is 16.4. The molecular weight excluding hydrogens is 675 g/mol. The maximum atomic E-state index is 11.7. The number of halogens is 2. The minimum Gasteiger partial charge on any atom is -0.496 e. The van der Waals surface area contributed by atoms with Crippen LogP contribution in [0.1, 0.15) is 43.7 Å². The lowest BCUT2D eigenvalue weighted by Gasteiger charge is -2.32. The van der Waals surface area contributed by atoms with Crippen LogP contribution in [0.2, 0.25) is 10.0 Å². The molecule has 0 unspecified atom stereocenters. The number of rotatable bonds is 12. The Morgan fingerprint density at radius 1 is 0.940 bits per heavy atom. The summed E-state index contributed by atoms with van der Waals surface area (Å²) >= 11 is 14.2. The molecule has 0 saturated carbocycles. The van der Waals surface area contributed by atoms with Crippen molar-refractivity contribution >= 4 is 35.0 Å². The van der Waals surface area contributed by atoms with Gasteiger partial charge in [0.15, 0.2) is 0 Å². The van der Waals surface area contributed by atoms with Gasteiger partial charge in [0.2, 0.25) is 17.7 Å². The summed E-state index contributed by atoms with van der Waals surface area (Å²) in [4.78, 5) is 34.5. The van der Waals surface area contributed by atoms with Crippen LogP contribution in [0, 0.1) is 0 Å². The Labute approximate surface area is 302 Å². The molecule has 0 spiro atoms. The Bertz CT molecular complexity index is 1860. The summed E-state index contributed by atoms with van der Waals surface area (Å²) in [6.45, 7) is 5.05. The first-order valence-corrected chi connectivity index (χ1v) is 17.6. The van der Waals surface area contributed by atoms with Gasteiger partial charge in [-0.15, -0.1) is 0 Å². The van der Waals surface area contributed by atoms with Crippen molar-refractivity contribution in [3.8, 4) is 45.3 Å². The number of nitrogens with one attached hydrogen (secondary N) is 3. The van der Waals surface area contributed by atoms with Crippen LogP contribution < -0.4 is 25.4 Å². The third-order valence-electron chi connectivity index (χ3n) is 9.46. The fourth-order valence-electron chi connectivity index (χ4n) is 6.62. The molecule has 3 N–H and O–H groups in total. The number of piperidine rings is 1. The summed E-state index contributed by atoms with van der Waals surface area (Å²) in [7, 11) is 3.26. The summed E-state index contributed by atoms with van der Waals surface area (Å²) < 4.78 is 11.4. The van der Waals surface area contributed by atoms with Crippen molar-refractivity contribution in [2.75, 3.05) is 33.9 Å². The van der Waals surface area contributed by atoms with Crippen LogP contribution in [0.25, 0.3) is 33.6 Å². The molecule has 2 saturated heterocycles. The molecule has 0 aliphatic carbocycles. The number of methoxy groups -OCH3 is 2. The molecule has 2 aromatic carbocycles. The molecule has 2 fully saturated rings.